The Morgan fingerprint density at radius 1 is 1.37 bits per heavy atom. The number of anilines is 1. The number of rotatable bonds is 13. The number of nitrogens with two attached hydrogens (primary N) is 1. The fourth-order valence-corrected chi connectivity index (χ4v) is 8.19. The van der Waals surface area contributed by atoms with Crippen molar-refractivity contribution in [3.8, 4) is 5.88 Å². The van der Waals surface area contributed by atoms with Gasteiger partial charge < -0.3 is 34.9 Å². The first-order chi connectivity index (χ1) is 20.1. The van der Waals surface area contributed by atoms with Crippen LogP contribution in [0.5, 0.6) is 5.88 Å². The topological polar surface area (TPSA) is 231 Å². The molecule has 2 aromatic heterocycles. The number of aliphatic hydroxyl groups is 1. The SMILES string of the molecule is CCOc1nc(N)nc2c1ncn2[C@@H]1O[C@H](CO[P@](=O)(N[C@H](C)C(=O)OC(C)C)SC[C@H]2NC(=O)NC2=O)[C@@H](O)[C@@]1(C)F. The van der Waals surface area contributed by atoms with Crippen molar-refractivity contribution in [1.82, 2.24) is 35.2 Å². The smallest absolute Gasteiger partial charge is 0.327 e. The predicted octanol–water partition coefficient (Wildman–Crippen LogP) is 0.789. The molecule has 2 aliphatic rings. The lowest BCUT2D eigenvalue weighted by molar-refractivity contribution is -0.149. The molecule has 0 aliphatic carbocycles. The molecule has 3 amide bonds. The van der Waals surface area contributed by atoms with Crippen LogP contribution in [0.4, 0.5) is 15.1 Å². The highest BCUT2D eigenvalue weighted by atomic mass is 32.7. The van der Waals surface area contributed by atoms with Gasteiger partial charge >= 0.3 is 18.7 Å². The molecule has 17 nitrogen and oxygen atoms in total. The zero-order valence-corrected chi connectivity index (χ0v) is 25.7. The second-order valence-corrected chi connectivity index (χ2v) is 14.5. The van der Waals surface area contributed by atoms with Gasteiger partial charge in [0.15, 0.2) is 23.1 Å². The minimum Gasteiger partial charge on any atom is -0.476 e. The highest BCUT2D eigenvalue weighted by Crippen LogP contribution is 2.57. The number of carbonyl (C=O) groups excluding carboxylic acids is 3. The largest absolute Gasteiger partial charge is 0.476 e. The zero-order chi connectivity index (χ0) is 31.7. The first kappa shape index (κ1) is 32.8. The van der Waals surface area contributed by atoms with E-state index in [1.165, 1.54) is 17.8 Å². The standard InChI is InChI=1S/C23H34FN8O9PS/c1-6-38-18-14-16(28-21(25)30-18)32(9-26-14)20-23(5,24)15(33)13(41-20)7-39-42(37,31-11(4)19(35)40-10(2)3)43-8-12-17(34)29-22(36)27-12/h9-13,15,20,33H,6-8H2,1-5H3,(H,31,37)(H2,25,28,30)(H2,27,29,34,36)/t11-,12-,13-,15-,20-,23-,42-/m1/s1. The van der Waals surface area contributed by atoms with Crippen molar-refractivity contribution >= 4 is 53.1 Å². The summed E-state index contributed by atoms with van der Waals surface area (Å²) in [7, 11) is 0. The number of nitrogens with one attached hydrogen (secondary N) is 3. The summed E-state index contributed by atoms with van der Waals surface area (Å²) in [6.07, 6.45) is -3.81. The minimum atomic E-state index is -4.08. The number of carbonyl (C=O) groups is 3. The molecule has 43 heavy (non-hydrogen) atoms. The molecule has 2 fully saturated rings. The molecular weight excluding hydrogens is 614 g/mol. The molecule has 0 radical (unpaired) electrons. The van der Waals surface area contributed by atoms with Gasteiger partial charge in [-0.15, -0.1) is 0 Å². The fourth-order valence-electron chi connectivity index (χ4n) is 4.32. The highest BCUT2D eigenvalue weighted by molar-refractivity contribution is 8.56. The van der Waals surface area contributed by atoms with Gasteiger partial charge in [-0.25, -0.2) is 19.3 Å². The maximum Gasteiger partial charge on any atom is 0.327 e. The van der Waals surface area contributed by atoms with E-state index in [4.69, 9.17) is 24.5 Å². The van der Waals surface area contributed by atoms with Gasteiger partial charge in [0, 0.05) is 5.75 Å². The molecule has 2 aromatic rings. The molecule has 238 valence electrons. The molecule has 2 aliphatic heterocycles. The summed E-state index contributed by atoms with van der Waals surface area (Å²) in [5.41, 5.74) is 3.68. The van der Waals surface area contributed by atoms with Crippen LogP contribution in [0.3, 0.4) is 0 Å². The van der Waals surface area contributed by atoms with Gasteiger partial charge in [-0.2, -0.15) is 9.97 Å². The number of aliphatic hydroxyl groups excluding tert-OH is 1. The predicted molar refractivity (Wildman–Crippen MR) is 151 cm³/mol. The third-order valence-electron chi connectivity index (χ3n) is 6.39. The summed E-state index contributed by atoms with van der Waals surface area (Å²) in [5.74, 6) is -1.62. The molecule has 4 heterocycles. The Bertz CT molecular complexity index is 1430. The number of nitrogen functional groups attached to an aromatic ring is 1. The number of imidazole rings is 1. The van der Waals surface area contributed by atoms with Crippen molar-refractivity contribution in [2.45, 2.75) is 76.9 Å². The summed E-state index contributed by atoms with van der Waals surface area (Å²) in [5, 5.41) is 17.9. The summed E-state index contributed by atoms with van der Waals surface area (Å²) in [6.45, 7) is 3.10. The Kier molecular flexibility index (Phi) is 9.82. The van der Waals surface area contributed by atoms with Crippen LogP contribution in [0.1, 0.15) is 40.8 Å². The van der Waals surface area contributed by atoms with Gasteiger partial charge in [-0.3, -0.25) is 24.0 Å². The average Bonchev–Trinajstić information content (AvgIpc) is 3.54. The molecule has 4 rings (SSSR count). The van der Waals surface area contributed by atoms with Gasteiger partial charge in [0.05, 0.1) is 25.6 Å². The van der Waals surface area contributed by atoms with Crippen molar-refractivity contribution in [3.05, 3.63) is 6.33 Å². The van der Waals surface area contributed by atoms with E-state index in [-0.39, 0.29) is 35.4 Å². The summed E-state index contributed by atoms with van der Waals surface area (Å²) in [6, 6.07) is -2.86. The number of hydrogen-bond acceptors (Lipinski definition) is 14. The van der Waals surface area contributed by atoms with E-state index in [0.717, 1.165) is 6.92 Å². The van der Waals surface area contributed by atoms with E-state index in [2.05, 4.69) is 30.7 Å². The Hall–Kier alpha value is -3.09. The van der Waals surface area contributed by atoms with Crippen LogP contribution in [0.15, 0.2) is 6.33 Å². The average molecular weight is 649 g/mol. The molecule has 0 aromatic carbocycles. The highest BCUT2D eigenvalue weighted by Gasteiger charge is 2.56. The normalized spacial score (nSPS) is 27.6. The van der Waals surface area contributed by atoms with Crippen LogP contribution >= 0.6 is 18.1 Å². The third-order valence-corrected chi connectivity index (χ3v) is 10.5. The number of halogens is 1. The van der Waals surface area contributed by atoms with Crippen molar-refractivity contribution in [2.75, 3.05) is 24.7 Å². The molecule has 6 N–H and O–H groups in total. The number of esters is 1. The number of urea groups is 1. The van der Waals surface area contributed by atoms with Gasteiger partial charge in [0.2, 0.25) is 11.8 Å². The monoisotopic (exact) mass is 648 g/mol. The van der Waals surface area contributed by atoms with E-state index in [9.17, 15) is 24.1 Å². The Balaban J connectivity index is 1.53. The summed E-state index contributed by atoms with van der Waals surface area (Å²) < 4.78 is 53.3. The van der Waals surface area contributed by atoms with Gasteiger partial charge in [-0.1, -0.05) is 11.4 Å². The number of alkyl halides is 1. The van der Waals surface area contributed by atoms with Crippen LogP contribution in [-0.4, -0.2) is 97.6 Å². The molecule has 0 bridgehead atoms. The van der Waals surface area contributed by atoms with Crippen LogP contribution in [-0.2, 0) is 28.2 Å². The minimum absolute atomic E-state index is 0.0871. The van der Waals surface area contributed by atoms with Crippen LogP contribution in [0.2, 0.25) is 0 Å². The quantitative estimate of drug-likeness (QED) is 0.115. The van der Waals surface area contributed by atoms with E-state index in [1.807, 2.05) is 0 Å². The van der Waals surface area contributed by atoms with E-state index >= 15 is 4.39 Å². The van der Waals surface area contributed by atoms with Gasteiger partial charge in [-0.05, 0) is 34.6 Å². The maximum absolute atomic E-state index is 16.0. The lowest BCUT2D eigenvalue weighted by Crippen LogP contribution is -2.41. The zero-order valence-electron chi connectivity index (χ0n) is 24.0. The van der Waals surface area contributed by atoms with E-state index in [0.29, 0.717) is 11.4 Å². The number of ether oxygens (including phenoxy) is 3. The molecule has 20 heteroatoms. The Labute approximate surface area is 249 Å². The number of nitrogens with zero attached hydrogens (tertiary/aromatic N) is 4. The van der Waals surface area contributed by atoms with Crippen molar-refractivity contribution < 1.29 is 47.2 Å². The Morgan fingerprint density at radius 3 is 2.72 bits per heavy atom. The van der Waals surface area contributed by atoms with Crippen molar-refractivity contribution in [2.24, 2.45) is 0 Å². The summed E-state index contributed by atoms with van der Waals surface area (Å²) in [4.78, 5) is 48.2. The summed E-state index contributed by atoms with van der Waals surface area (Å²) >= 11 is 0.632. The van der Waals surface area contributed by atoms with Crippen LogP contribution in [0, 0.1) is 0 Å². The number of imide groups is 1. The molecule has 0 unspecified atom stereocenters. The van der Waals surface area contributed by atoms with Gasteiger partial charge in [0.25, 0.3) is 5.91 Å². The first-order valence-corrected chi connectivity index (χ1v) is 16.5. The Morgan fingerprint density at radius 2 is 2.09 bits per heavy atom. The van der Waals surface area contributed by atoms with Crippen molar-refractivity contribution in [1.29, 1.82) is 0 Å². The first-order valence-electron chi connectivity index (χ1n) is 13.3. The molecular formula is C23H34FN8O9PS. The van der Waals surface area contributed by atoms with E-state index < -0.39 is 73.5 Å². The molecule has 0 saturated carbocycles. The number of fused-ring (bicyclic) bond motifs is 1. The van der Waals surface area contributed by atoms with E-state index in [1.54, 1.807) is 20.8 Å². The van der Waals surface area contributed by atoms with Gasteiger partial charge in [0.1, 0.15) is 24.3 Å². The fraction of sp³-hybridized carbons (Fsp3) is 0.652. The lowest BCUT2D eigenvalue weighted by Gasteiger charge is -2.25. The number of hydrogen-bond donors (Lipinski definition) is 5. The van der Waals surface area contributed by atoms with Crippen LogP contribution in [0.25, 0.3) is 11.2 Å². The number of amides is 3. The second kappa shape index (κ2) is 12.9. The lowest BCUT2D eigenvalue weighted by atomic mass is 9.98. The van der Waals surface area contributed by atoms with Crippen molar-refractivity contribution in [3.63, 3.8) is 0 Å². The molecule has 0 spiro atoms. The molecule has 2 saturated heterocycles. The number of aromatic nitrogens is 4. The molecule has 7 atom stereocenters. The second-order valence-electron chi connectivity index (χ2n) is 10.2. The maximum atomic E-state index is 16.0. The van der Waals surface area contributed by atoms with Crippen LogP contribution < -0.4 is 26.2 Å². The third kappa shape index (κ3) is 7.18.